The van der Waals surface area contributed by atoms with Crippen molar-refractivity contribution in [3.63, 3.8) is 0 Å². The lowest BCUT2D eigenvalue weighted by molar-refractivity contribution is 0.0428. The van der Waals surface area contributed by atoms with Gasteiger partial charge in [0.1, 0.15) is 18.5 Å². The van der Waals surface area contributed by atoms with Gasteiger partial charge in [-0.3, -0.25) is 0 Å². The van der Waals surface area contributed by atoms with Crippen molar-refractivity contribution in [1.29, 1.82) is 0 Å². The summed E-state index contributed by atoms with van der Waals surface area (Å²) in [6, 6.07) is 0. The molecule has 1 aliphatic rings. The van der Waals surface area contributed by atoms with Crippen molar-refractivity contribution in [3.05, 3.63) is 24.0 Å². The van der Waals surface area contributed by atoms with Crippen molar-refractivity contribution in [1.82, 2.24) is 0 Å². The van der Waals surface area contributed by atoms with Crippen LogP contribution in [0.15, 0.2) is 24.0 Å². The molecule has 3 unspecified atom stereocenters. The summed E-state index contributed by atoms with van der Waals surface area (Å²) in [7, 11) is 0. The van der Waals surface area contributed by atoms with E-state index in [0.29, 0.717) is 12.3 Å². The summed E-state index contributed by atoms with van der Waals surface area (Å²) in [5.41, 5.74) is 0.254. The molecular weight excluding hydrogens is 251 g/mol. The van der Waals surface area contributed by atoms with Crippen LogP contribution in [-0.4, -0.2) is 12.8 Å². The Balaban J connectivity index is 2.97. The lowest BCUT2D eigenvalue weighted by Gasteiger charge is -2.44. The van der Waals surface area contributed by atoms with E-state index in [1.54, 1.807) is 0 Å². The largest absolute Gasteiger partial charge is 0.495 e. The maximum atomic E-state index is 13.5. The van der Waals surface area contributed by atoms with E-state index in [-0.39, 0.29) is 23.4 Å². The van der Waals surface area contributed by atoms with Crippen molar-refractivity contribution < 1.29 is 9.13 Å². The van der Waals surface area contributed by atoms with Crippen LogP contribution >= 0.6 is 0 Å². The van der Waals surface area contributed by atoms with Crippen LogP contribution in [0.4, 0.5) is 4.39 Å². The standard InChI is InChI=1S/C18H31FO/c1-8-13(19)12-20-15-11-9-10-14(17(2,3)4)16(15)18(5,6)7/h9-11,13-14,16H,8,12H2,1-7H3. The Hall–Kier alpha value is -0.790. The normalized spacial score (nSPS) is 25.3. The molecule has 2 heteroatoms. The van der Waals surface area contributed by atoms with Crippen LogP contribution in [0.25, 0.3) is 0 Å². The zero-order valence-electron chi connectivity index (χ0n) is 14.2. The molecule has 0 N–H and O–H groups in total. The Bertz CT molecular complexity index is 368. The molecule has 0 saturated heterocycles. The lowest BCUT2D eigenvalue weighted by atomic mass is 9.62. The predicted octanol–water partition coefficient (Wildman–Crippen LogP) is 5.53. The van der Waals surface area contributed by atoms with Gasteiger partial charge in [-0.25, -0.2) is 4.39 Å². The molecule has 0 bridgehead atoms. The molecule has 0 spiro atoms. The van der Waals surface area contributed by atoms with Crippen molar-refractivity contribution in [2.24, 2.45) is 22.7 Å². The highest BCUT2D eigenvalue weighted by Crippen LogP contribution is 2.47. The fraction of sp³-hybridized carbons (Fsp3) is 0.778. The summed E-state index contributed by atoms with van der Waals surface area (Å²) < 4.78 is 19.3. The fourth-order valence-corrected chi connectivity index (χ4v) is 2.86. The highest BCUT2D eigenvalue weighted by molar-refractivity contribution is 5.23. The van der Waals surface area contributed by atoms with Gasteiger partial charge in [0.25, 0.3) is 0 Å². The molecule has 0 aromatic rings. The second-order valence-corrected chi connectivity index (χ2v) is 8.01. The number of rotatable bonds is 4. The first-order valence-electron chi connectivity index (χ1n) is 7.72. The van der Waals surface area contributed by atoms with Crippen LogP contribution in [0, 0.1) is 22.7 Å². The van der Waals surface area contributed by atoms with Gasteiger partial charge in [0.2, 0.25) is 0 Å². The summed E-state index contributed by atoms with van der Waals surface area (Å²) >= 11 is 0. The Kier molecular flexibility index (Phi) is 5.46. The van der Waals surface area contributed by atoms with Gasteiger partial charge in [-0.2, -0.15) is 0 Å². The minimum Gasteiger partial charge on any atom is -0.495 e. The van der Waals surface area contributed by atoms with E-state index in [1.165, 1.54) is 0 Å². The topological polar surface area (TPSA) is 9.23 Å². The molecule has 0 aliphatic heterocycles. The van der Waals surface area contributed by atoms with Gasteiger partial charge in [0.05, 0.1) is 0 Å². The van der Waals surface area contributed by atoms with E-state index in [4.69, 9.17) is 4.74 Å². The molecule has 1 rings (SSSR count). The van der Waals surface area contributed by atoms with Crippen molar-refractivity contribution >= 4 is 0 Å². The lowest BCUT2D eigenvalue weighted by Crippen LogP contribution is -2.38. The third-order valence-electron chi connectivity index (χ3n) is 4.05. The second-order valence-electron chi connectivity index (χ2n) is 8.01. The SMILES string of the molecule is CCC(F)COC1=CC=CC(C(C)(C)C)C1C(C)(C)C. The number of alkyl halides is 1. The maximum absolute atomic E-state index is 13.5. The van der Waals surface area contributed by atoms with E-state index in [2.05, 4.69) is 53.7 Å². The van der Waals surface area contributed by atoms with E-state index in [9.17, 15) is 4.39 Å². The molecule has 0 fully saturated rings. The average Bonchev–Trinajstić information content (AvgIpc) is 2.33. The second kappa shape index (κ2) is 6.32. The van der Waals surface area contributed by atoms with E-state index >= 15 is 0 Å². The molecule has 0 aromatic heterocycles. The van der Waals surface area contributed by atoms with Gasteiger partial charge in [-0.1, -0.05) is 60.6 Å². The quantitative estimate of drug-likeness (QED) is 0.658. The van der Waals surface area contributed by atoms with Gasteiger partial charge in [-0.15, -0.1) is 0 Å². The van der Waals surface area contributed by atoms with Crippen molar-refractivity contribution in [2.75, 3.05) is 6.61 Å². The first-order valence-corrected chi connectivity index (χ1v) is 7.72. The third-order valence-corrected chi connectivity index (χ3v) is 4.05. The summed E-state index contributed by atoms with van der Waals surface area (Å²) in [6.45, 7) is 15.5. The van der Waals surface area contributed by atoms with Gasteiger partial charge in [0.15, 0.2) is 0 Å². The molecule has 0 saturated carbocycles. The van der Waals surface area contributed by atoms with Gasteiger partial charge in [0, 0.05) is 5.92 Å². The summed E-state index contributed by atoms with van der Waals surface area (Å²) in [5.74, 6) is 1.63. The molecule has 3 atom stereocenters. The van der Waals surface area contributed by atoms with Crippen LogP contribution in [-0.2, 0) is 4.74 Å². The highest BCUT2D eigenvalue weighted by Gasteiger charge is 2.41. The smallest absolute Gasteiger partial charge is 0.134 e. The van der Waals surface area contributed by atoms with Crippen molar-refractivity contribution in [2.45, 2.75) is 61.1 Å². The Morgan fingerprint density at radius 1 is 1.15 bits per heavy atom. The van der Waals surface area contributed by atoms with Crippen LogP contribution in [0.5, 0.6) is 0 Å². The molecule has 0 aromatic carbocycles. The third kappa shape index (κ3) is 4.36. The zero-order chi connectivity index (χ0) is 15.6. The van der Waals surface area contributed by atoms with Crippen LogP contribution in [0.3, 0.4) is 0 Å². The molecule has 116 valence electrons. The monoisotopic (exact) mass is 282 g/mol. The average molecular weight is 282 g/mol. The Morgan fingerprint density at radius 3 is 2.20 bits per heavy atom. The number of hydrogen-bond acceptors (Lipinski definition) is 1. The predicted molar refractivity (Wildman–Crippen MR) is 84.3 cm³/mol. The Labute approximate surface area is 124 Å². The van der Waals surface area contributed by atoms with E-state index < -0.39 is 6.17 Å². The van der Waals surface area contributed by atoms with E-state index in [1.807, 2.05) is 13.0 Å². The van der Waals surface area contributed by atoms with Crippen molar-refractivity contribution in [3.8, 4) is 0 Å². The number of ether oxygens (including phenoxy) is 1. The van der Waals surface area contributed by atoms with Crippen LogP contribution in [0.2, 0.25) is 0 Å². The van der Waals surface area contributed by atoms with Crippen LogP contribution in [0.1, 0.15) is 54.9 Å². The molecule has 0 radical (unpaired) electrons. The highest BCUT2D eigenvalue weighted by atomic mass is 19.1. The van der Waals surface area contributed by atoms with E-state index in [0.717, 1.165) is 5.76 Å². The van der Waals surface area contributed by atoms with Gasteiger partial charge >= 0.3 is 0 Å². The molecule has 20 heavy (non-hydrogen) atoms. The summed E-state index contributed by atoms with van der Waals surface area (Å²) in [6.07, 6.45) is 5.98. The zero-order valence-corrected chi connectivity index (χ0v) is 14.2. The summed E-state index contributed by atoms with van der Waals surface area (Å²) in [5, 5.41) is 0. The Morgan fingerprint density at radius 2 is 1.75 bits per heavy atom. The maximum Gasteiger partial charge on any atom is 0.134 e. The first kappa shape index (κ1) is 17.3. The molecule has 0 amide bonds. The van der Waals surface area contributed by atoms with Crippen LogP contribution < -0.4 is 0 Å². The minimum absolute atomic E-state index is 0.0898. The minimum atomic E-state index is -0.879. The molecule has 0 heterocycles. The number of halogens is 1. The number of allylic oxidation sites excluding steroid dienone is 4. The first-order chi connectivity index (χ1) is 9.07. The van der Waals surface area contributed by atoms with Gasteiger partial charge in [-0.05, 0) is 29.2 Å². The molecular formula is C18H31FO. The van der Waals surface area contributed by atoms with Gasteiger partial charge < -0.3 is 4.74 Å². The molecule has 1 nitrogen and oxygen atoms in total. The number of hydrogen-bond donors (Lipinski definition) is 0. The fourth-order valence-electron chi connectivity index (χ4n) is 2.86. The summed E-state index contributed by atoms with van der Waals surface area (Å²) in [4.78, 5) is 0. The molecule has 1 aliphatic carbocycles.